The molecule has 2 aliphatic heterocycles. The maximum absolute atomic E-state index is 13.9. The number of aryl methyl sites for hydroxylation is 1. The van der Waals surface area contributed by atoms with E-state index in [4.69, 9.17) is 31.2 Å². The lowest BCUT2D eigenvalue weighted by Crippen LogP contribution is -2.65. The quantitative estimate of drug-likeness (QED) is 0.0509. The molecule has 2 aromatic rings. The van der Waals surface area contributed by atoms with Gasteiger partial charge < -0.3 is 57.4 Å². The van der Waals surface area contributed by atoms with Gasteiger partial charge in [0.25, 0.3) is 11.8 Å². The van der Waals surface area contributed by atoms with Crippen molar-refractivity contribution in [2.45, 2.75) is 155 Å². The van der Waals surface area contributed by atoms with E-state index in [2.05, 4.69) is 73.2 Å². The van der Waals surface area contributed by atoms with Gasteiger partial charge in [-0.2, -0.15) is 0 Å². The van der Waals surface area contributed by atoms with Gasteiger partial charge in [0.05, 0.1) is 17.8 Å². The molecule has 2 heterocycles. The van der Waals surface area contributed by atoms with Crippen LogP contribution in [0.1, 0.15) is 122 Å². The summed E-state index contributed by atoms with van der Waals surface area (Å²) in [6.07, 6.45) is 4.95. The summed E-state index contributed by atoms with van der Waals surface area (Å²) in [6, 6.07) is 12.9. The van der Waals surface area contributed by atoms with Gasteiger partial charge in [0.1, 0.15) is 18.1 Å². The number of carbonyl (C=O) groups excluding carboxylic acids is 5. The maximum atomic E-state index is 13.9. The Kier molecular flexibility index (Phi) is 17.7. The number of hydrogen-bond donors (Lipinski definition) is 7. The zero-order valence-electron chi connectivity index (χ0n) is 40.8. The summed E-state index contributed by atoms with van der Waals surface area (Å²) in [5.41, 5.74) is 22.1. The molecule has 0 radical (unpaired) electrons. The van der Waals surface area contributed by atoms with E-state index in [9.17, 15) is 24.0 Å². The minimum Gasteiger partial charge on any atom is -0.403 e. The minimum atomic E-state index is -1.58. The second kappa shape index (κ2) is 22.8. The molecule has 3 aliphatic carbocycles. The molecular formula is C50H77BN8O8. The second-order valence-electron chi connectivity index (χ2n) is 20.6. The van der Waals surface area contributed by atoms with Gasteiger partial charge in [0.2, 0.25) is 17.7 Å². The average molecular weight is 929 g/mol. The molecular weight excluding hydrogens is 851 g/mol. The SMILES string of the molecule is CCCCc1ccc(-c2ccc(C(=O)N3CCC(C(=O)N[C@H](C(=O)N[C@@H](N)C(=O)N[C@@H](CCCCN)C(=O)N[C@@H](N)B4OC5C[C@@H]6C[C@@H](C6(C)C)[C@]5(C)O4)[C@@H](C)OCC(C)C)CC3)cc2)cc1. The highest BCUT2D eigenvalue weighted by molar-refractivity contribution is 6.47. The zero-order chi connectivity index (χ0) is 48.6. The van der Waals surface area contributed by atoms with E-state index >= 15 is 0 Å². The molecule has 368 valence electrons. The molecule has 7 rings (SSSR count). The summed E-state index contributed by atoms with van der Waals surface area (Å²) in [7, 11) is -0.870. The lowest BCUT2D eigenvalue weighted by atomic mass is 9.43. The molecule has 3 saturated carbocycles. The van der Waals surface area contributed by atoms with Crippen molar-refractivity contribution < 1.29 is 38.0 Å². The third-order valence-corrected chi connectivity index (χ3v) is 14.9. The van der Waals surface area contributed by atoms with Crippen LogP contribution in [-0.4, -0.2) is 110 Å². The van der Waals surface area contributed by atoms with Crippen molar-refractivity contribution in [3.63, 3.8) is 0 Å². The Hall–Kier alpha value is -4.39. The standard InChI is InChI=1S/C50H77BN8O8/c1-8-9-12-32-14-16-33(17-15-32)34-18-20-36(21-19-34)47(64)59-25-22-35(23-26-59)43(60)56-41(31(4)65-29-30(2)3)45(62)57-42(53)46(63)55-38(13-10-11-24-52)44(61)58-48(54)51-66-40-28-37-27-39(49(37,5)6)50(40,7)67-51/h14-21,30-31,35,37-42,48H,8-13,22-29,52-54H2,1-7H3,(H,55,63)(H,56,60)(H,57,62)(H,58,61)/t31-,37+,38+,39+,40?,41+,42-,48-,50+/m1/s1. The normalized spacial score (nSPS) is 24.4. The molecule has 5 amide bonds. The Morgan fingerprint density at radius 3 is 2.10 bits per heavy atom. The second-order valence-corrected chi connectivity index (χ2v) is 20.6. The van der Waals surface area contributed by atoms with Gasteiger partial charge in [-0.25, -0.2) is 0 Å². The highest BCUT2D eigenvalue weighted by Gasteiger charge is 2.68. The number of nitrogens with one attached hydrogen (secondary N) is 4. The molecule has 5 aliphatic rings. The predicted molar refractivity (Wildman–Crippen MR) is 258 cm³/mol. The number of benzene rings is 2. The Morgan fingerprint density at radius 2 is 1.49 bits per heavy atom. The van der Waals surface area contributed by atoms with Crippen molar-refractivity contribution in [1.29, 1.82) is 0 Å². The Bertz CT molecular complexity index is 2010. The van der Waals surface area contributed by atoms with Gasteiger partial charge in [0.15, 0.2) is 6.17 Å². The summed E-state index contributed by atoms with van der Waals surface area (Å²) in [4.78, 5) is 70.3. The van der Waals surface area contributed by atoms with E-state index in [0.29, 0.717) is 69.3 Å². The molecule has 17 heteroatoms. The van der Waals surface area contributed by atoms with E-state index in [1.54, 1.807) is 11.8 Å². The van der Waals surface area contributed by atoms with Crippen LogP contribution in [0.4, 0.5) is 0 Å². The van der Waals surface area contributed by atoms with Crippen LogP contribution in [0.15, 0.2) is 48.5 Å². The van der Waals surface area contributed by atoms with Crippen molar-refractivity contribution in [1.82, 2.24) is 26.2 Å². The van der Waals surface area contributed by atoms with Crippen molar-refractivity contribution in [3.05, 3.63) is 59.7 Å². The Labute approximate surface area is 397 Å². The van der Waals surface area contributed by atoms with E-state index in [1.165, 1.54) is 5.56 Å². The molecule has 1 unspecified atom stereocenters. The lowest BCUT2D eigenvalue weighted by molar-refractivity contribution is -0.199. The molecule has 2 saturated heterocycles. The van der Waals surface area contributed by atoms with E-state index in [0.717, 1.165) is 43.2 Å². The third kappa shape index (κ3) is 12.5. The molecule has 2 aromatic carbocycles. The molecule has 0 aromatic heterocycles. The predicted octanol–water partition coefficient (Wildman–Crippen LogP) is 3.78. The van der Waals surface area contributed by atoms with Crippen LogP contribution in [0, 0.1) is 29.1 Å². The molecule has 10 N–H and O–H groups in total. The monoisotopic (exact) mass is 929 g/mol. The first-order chi connectivity index (χ1) is 31.9. The highest BCUT2D eigenvalue weighted by atomic mass is 16.7. The summed E-state index contributed by atoms with van der Waals surface area (Å²) in [5, 5.41) is 10.8. The largest absolute Gasteiger partial charge is 0.497 e. The van der Waals surface area contributed by atoms with Crippen LogP contribution >= 0.6 is 0 Å². The number of nitrogens with zero attached hydrogens (tertiary/aromatic N) is 1. The number of amides is 5. The summed E-state index contributed by atoms with van der Waals surface area (Å²) >= 11 is 0. The van der Waals surface area contributed by atoms with Crippen LogP contribution in [0.3, 0.4) is 0 Å². The minimum absolute atomic E-state index is 0.105. The van der Waals surface area contributed by atoms with Gasteiger partial charge in [-0.3, -0.25) is 24.0 Å². The molecule has 9 atom stereocenters. The number of likely N-dealkylation sites (tertiary alicyclic amines) is 1. The number of hydrogen-bond acceptors (Lipinski definition) is 11. The number of nitrogens with two attached hydrogens (primary N) is 3. The number of ether oxygens (including phenoxy) is 1. The molecule has 67 heavy (non-hydrogen) atoms. The smallest absolute Gasteiger partial charge is 0.403 e. The zero-order valence-corrected chi connectivity index (χ0v) is 40.8. The van der Waals surface area contributed by atoms with Gasteiger partial charge in [-0.05, 0) is 130 Å². The fourth-order valence-electron chi connectivity index (χ4n) is 10.4. The first-order valence-corrected chi connectivity index (χ1v) is 24.7. The highest BCUT2D eigenvalue weighted by Crippen LogP contribution is 2.65. The first kappa shape index (κ1) is 52.0. The van der Waals surface area contributed by atoms with Crippen molar-refractivity contribution in [2.75, 3.05) is 26.2 Å². The van der Waals surface area contributed by atoms with Crippen LogP contribution < -0.4 is 38.5 Å². The number of carbonyl (C=O) groups is 5. The van der Waals surface area contributed by atoms with Crippen molar-refractivity contribution in [3.8, 4) is 11.1 Å². The van der Waals surface area contributed by atoms with E-state index in [-0.39, 0.29) is 35.7 Å². The van der Waals surface area contributed by atoms with Crippen LogP contribution in [-0.2, 0) is 39.6 Å². The van der Waals surface area contributed by atoms with Crippen molar-refractivity contribution in [2.24, 2.45) is 46.3 Å². The molecule has 5 fully saturated rings. The van der Waals surface area contributed by atoms with Gasteiger partial charge in [-0.1, -0.05) is 77.4 Å². The van der Waals surface area contributed by atoms with Gasteiger partial charge in [0, 0.05) is 31.2 Å². The van der Waals surface area contributed by atoms with Gasteiger partial charge in [-0.15, -0.1) is 0 Å². The summed E-state index contributed by atoms with van der Waals surface area (Å²) < 4.78 is 18.7. The van der Waals surface area contributed by atoms with Gasteiger partial charge >= 0.3 is 7.12 Å². The van der Waals surface area contributed by atoms with E-state index in [1.807, 2.05) is 38.1 Å². The van der Waals surface area contributed by atoms with Crippen LogP contribution in [0.25, 0.3) is 11.1 Å². The fraction of sp³-hybridized carbons (Fsp3) is 0.660. The topological polar surface area (TPSA) is 242 Å². The third-order valence-electron chi connectivity index (χ3n) is 14.9. The molecule has 16 nitrogen and oxygen atoms in total. The Balaban J connectivity index is 1.01. The molecule has 0 spiro atoms. The average Bonchev–Trinajstić information content (AvgIpc) is 3.69. The fourth-order valence-corrected chi connectivity index (χ4v) is 10.4. The van der Waals surface area contributed by atoms with Crippen LogP contribution in [0.5, 0.6) is 0 Å². The summed E-state index contributed by atoms with van der Waals surface area (Å²) in [5.74, 6) is -2.05. The number of piperidine rings is 1. The number of unbranched alkanes of at least 4 members (excludes halogenated alkanes) is 2. The van der Waals surface area contributed by atoms with Crippen molar-refractivity contribution >= 4 is 36.7 Å². The Morgan fingerprint density at radius 1 is 0.836 bits per heavy atom. The van der Waals surface area contributed by atoms with E-state index < -0.39 is 66.8 Å². The van der Waals surface area contributed by atoms with Crippen LogP contribution in [0.2, 0.25) is 0 Å². The molecule has 2 bridgehead atoms. The maximum Gasteiger partial charge on any atom is 0.497 e. The lowest BCUT2D eigenvalue weighted by Gasteiger charge is -2.64. The summed E-state index contributed by atoms with van der Waals surface area (Å²) in [6.45, 7) is 15.8. The first-order valence-electron chi connectivity index (χ1n) is 24.7. The number of rotatable bonds is 22.